The molecule has 1 heterocycles. The number of carboxylic acids is 1. The van der Waals surface area contributed by atoms with Gasteiger partial charge in [0.15, 0.2) is 0 Å². The van der Waals surface area contributed by atoms with Gasteiger partial charge in [0.2, 0.25) is 5.91 Å². The summed E-state index contributed by atoms with van der Waals surface area (Å²) < 4.78 is 0. The topological polar surface area (TPSA) is 57.6 Å². The van der Waals surface area contributed by atoms with Crippen molar-refractivity contribution in [1.29, 1.82) is 0 Å². The molecule has 0 bridgehead atoms. The summed E-state index contributed by atoms with van der Waals surface area (Å²) in [5, 5.41) is 8.41. The Kier molecular flexibility index (Phi) is 2.47. The van der Waals surface area contributed by atoms with E-state index in [1.165, 1.54) is 6.08 Å². The minimum Gasteiger partial charge on any atom is -0.481 e. The third-order valence-corrected chi connectivity index (χ3v) is 1.91. The van der Waals surface area contributed by atoms with Gasteiger partial charge in [0.25, 0.3) is 0 Å². The van der Waals surface area contributed by atoms with Crippen LogP contribution >= 0.6 is 0 Å². The highest BCUT2D eigenvalue weighted by atomic mass is 16.4. The molecule has 4 heteroatoms. The standard InChI is InChI=1S/C8H11NO3/c1-2-7(10)9-4-6(5-9)3-8(11)12/h2,6H,1,3-5H2,(H,11,12). The van der Waals surface area contributed by atoms with Crippen molar-refractivity contribution in [3.05, 3.63) is 12.7 Å². The molecule has 0 aliphatic carbocycles. The Balaban J connectivity index is 2.24. The molecule has 0 saturated carbocycles. The number of carboxylic acid groups (broad SMARTS) is 1. The fourth-order valence-corrected chi connectivity index (χ4v) is 1.25. The average Bonchev–Trinajstić information content (AvgIpc) is 1.94. The maximum atomic E-state index is 10.9. The van der Waals surface area contributed by atoms with Gasteiger partial charge in [-0.2, -0.15) is 0 Å². The van der Waals surface area contributed by atoms with E-state index in [2.05, 4.69) is 6.58 Å². The van der Waals surface area contributed by atoms with Crippen LogP contribution in [0.25, 0.3) is 0 Å². The first-order valence-electron chi connectivity index (χ1n) is 3.76. The lowest BCUT2D eigenvalue weighted by molar-refractivity contribution is -0.143. The zero-order valence-corrected chi connectivity index (χ0v) is 6.69. The van der Waals surface area contributed by atoms with Gasteiger partial charge in [-0.15, -0.1) is 0 Å². The SMILES string of the molecule is C=CC(=O)N1CC(CC(=O)O)C1. The summed E-state index contributed by atoms with van der Waals surface area (Å²) in [4.78, 5) is 22.7. The molecule has 1 amide bonds. The van der Waals surface area contributed by atoms with E-state index in [0.29, 0.717) is 13.1 Å². The molecule has 0 aromatic carbocycles. The van der Waals surface area contributed by atoms with Gasteiger partial charge in [-0.05, 0) is 6.08 Å². The average molecular weight is 169 g/mol. The molecule has 0 spiro atoms. The van der Waals surface area contributed by atoms with Crippen LogP contribution in [-0.2, 0) is 9.59 Å². The minimum absolute atomic E-state index is 0.114. The van der Waals surface area contributed by atoms with Crippen LogP contribution in [0.5, 0.6) is 0 Å². The predicted octanol–water partition coefficient (Wildman–Crippen LogP) is 0.106. The number of amides is 1. The molecule has 1 fully saturated rings. The molecule has 4 nitrogen and oxygen atoms in total. The molecule has 1 aliphatic rings. The van der Waals surface area contributed by atoms with Gasteiger partial charge in [-0.1, -0.05) is 6.58 Å². The summed E-state index contributed by atoms with van der Waals surface area (Å²) in [6.07, 6.45) is 1.40. The van der Waals surface area contributed by atoms with Gasteiger partial charge in [-0.3, -0.25) is 9.59 Å². The van der Waals surface area contributed by atoms with E-state index in [1.54, 1.807) is 4.90 Å². The normalized spacial score (nSPS) is 16.8. The van der Waals surface area contributed by atoms with Crippen molar-refractivity contribution in [2.45, 2.75) is 6.42 Å². The number of likely N-dealkylation sites (tertiary alicyclic amines) is 1. The van der Waals surface area contributed by atoms with Crippen LogP contribution in [0.4, 0.5) is 0 Å². The summed E-state index contributed by atoms with van der Waals surface area (Å²) in [5.41, 5.74) is 0. The Morgan fingerprint density at radius 3 is 2.58 bits per heavy atom. The van der Waals surface area contributed by atoms with E-state index in [0.717, 1.165) is 0 Å². The van der Waals surface area contributed by atoms with Crippen LogP contribution < -0.4 is 0 Å². The van der Waals surface area contributed by atoms with Gasteiger partial charge in [0.05, 0.1) is 6.42 Å². The van der Waals surface area contributed by atoms with Crippen molar-refractivity contribution in [3.8, 4) is 0 Å². The zero-order valence-electron chi connectivity index (χ0n) is 6.69. The molecule has 0 radical (unpaired) electrons. The number of nitrogens with zero attached hydrogens (tertiary/aromatic N) is 1. The van der Waals surface area contributed by atoms with Gasteiger partial charge >= 0.3 is 5.97 Å². The Bertz CT molecular complexity index is 218. The quantitative estimate of drug-likeness (QED) is 0.610. The second-order valence-electron chi connectivity index (χ2n) is 2.91. The molecule has 0 aromatic heterocycles. The van der Waals surface area contributed by atoms with Crippen molar-refractivity contribution < 1.29 is 14.7 Å². The van der Waals surface area contributed by atoms with E-state index in [-0.39, 0.29) is 18.2 Å². The van der Waals surface area contributed by atoms with Crippen molar-refractivity contribution in [3.63, 3.8) is 0 Å². The van der Waals surface area contributed by atoms with Gasteiger partial charge in [0.1, 0.15) is 0 Å². The molecule has 0 aromatic rings. The molecule has 1 N–H and O–H groups in total. The third-order valence-electron chi connectivity index (χ3n) is 1.91. The molecular formula is C8H11NO3. The van der Waals surface area contributed by atoms with Crippen molar-refractivity contribution in [2.24, 2.45) is 5.92 Å². The highest BCUT2D eigenvalue weighted by Crippen LogP contribution is 2.18. The second kappa shape index (κ2) is 3.38. The number of hydrogen-bond donors (Lipinski definition) is 1. The molecule has 66 valence electrons. The van der Waals surface area contributed by atoms with Crippen LogP contribution in [0.15, 0.2) is 12.7 Å². The van der Waals surface area contributed by atoms with Crippen molar-refractivity contribution >= 4 is 11.9 Å². The van der Waals surface area contributed by atoms with Gasteiger partial charge < -0.3 is 10.0 Å². The fraction of sp³-hybridized carbons (Fsp3) is 0.500. The summed E-state index contributed by atoms with van der Waals surface area (Å²) in [6.45, 7) is 4.45. The van der Waals surface area contributed by atoms with Gasteiger partial charge in [-0.25, -0.2) is 0 Å². The molecule has 0 atom stereocenters. The molecule has 1 rings (SSSR count). The van der Waals surface area contributed by atoms with Crippen molar-refractivity contribution in [2.75, 3.05) is 13.1 Å². The fourth-order valence-electron chi connectivity index (χ4n) is 1.25. The van der Waals surface area contributed by atoms with Crippen LogP contribution in [0.1, 0.15) is 6.42 Å². The molecule has 1 saturated heterocycles. The van der Waals surface area contributed by atoms with E-state index < -0.39 is 5.97 Å². The van der Waals surface area contributed by atoms with E-state index in [1.807, 2.05) is 0 Å². The summed E-state index contributed by atoms with van der Waals surface area (Å²) >= 11 is 0. The lowest BCUT2D eigenvalue weighted by Crippen LogP contribution is -2.49. The molecule has 0 unspecified atom stereocenters. The maximum absolute atomic E-state index is 10.9. The predicted molar refractivity (Wildman–Crippen MR) is 42.5 cm³/mol. The number of aliphatic carboxylic acids is 1. The van der Waals surface area contributed by atoms with Gasteiger partial charge in [0, 0.05) is 19.0 Å². The van der Waals surface area contributed by atoms with Crippen LogP contribution in [0.3, 0.4) is 0 Å². The maximum Gasteiger partial charge on any atom is 0.303 e. The lowest BCUT2D eigenvalue weighted by atomic mass is 9.96. The second-order valence-corrected chi connectivity index (χ2v) is 2.91. The number of rotatable bonds is 3. The minimum atomic E-state index is -0.800. The first-order valence-corrected chi connectivity index (χ1v) is 3.76. The highest BCUT2D eigenvalue weighted by Gasteiger charge is 2.30. The van der Waals surface area contributed by atoms with Crippen LogP contribution in [0.2, 0.25) is 0 Å². The Morgan fingerprint density at radius 1 is 1.58 bits per heavy atom. The Hall–Kier alpha value is -1.32. The van der Waals surface area contributed by atoms with E-state index in [9.17, 15) is 9.59 Å². The number of carbonyl (C=O) groups excluding carboxylic acids is 1. The smallest absolute Gasteiger partial charge is 0.303 e. The molecule has 12 heavy (non-hydrogen) atoms. The third kappa shape index (κ3) is 1.84. The lowest BCUT2D eigenvalue weighted by Gasteiger charge is -2.37. The van der Waals surface area contributed by atoms with Crippen LogP contribution in [-0.4, -0.2) is 35.0 Å². The monoisotopic (exact) mass is 169 g/mol. The first kappa shape index (κ1) is 8.77. The summed E-state index contributed by atoms with van der Waals surface area (Å²) in [5.74, 6) is -0.784. The number of carbonyl (C=O) groups is 2. The van der Waals surface area contributed by atoms with Crippen LogP contribution in [0, 0.1) is 5.92 Å². The zero-order chi connectivity index (χ0) is 9.14. The largest absolute Gasteiger partial charge is 0.481 e. The highest BCUT2D eigenvalue weighted by molar-refractivity contribution is 5.87. The van der Waals surface area contributed by atoms with Crippen molar-refractivity contribution in [1.82, 2.24) is 4.90 Å². The molecular weight excluding hydrogens is 158 g/mol. The summed E-state index contributed by atoms with van der Waals surface area (Å²) in [6, 6.07) is 0. The van der Waals surface area contributed by atoms with E-state index in [4.69, 9.17) is 5.11 Å². The van der Waals surface area contributed by atoms with E-state index >= 15 is 0 Å². The first-order chi connectivity index (χ1) is 5.63. The summed E-state index contributed by atoms with van der Waals surface area (Å²) in [7, 11) is 0. The number of hydrogen-bond acceptors (Lipinski definition) is 2. The Labute approximate surface area is 70.5 Å². The molecule has 1 aliphatic heterocycles. The Morgan fingerprint density at radius 2 is 2.17 bits per heavy atom.